The quantitative estimate of drug-likeness (QED) is 0.559. The molecule has 1 fully saturated rings. The molecule has 8 heteroatoms. The molecule has 1 aromatic carbocycles. The van der Waals surface area contributed by atoms with Crippen molar-refractivity contribution in [3.8, 4) is 0 Å². The van der Waals surface area contributed by atoms with Gasteiger partial charge in [-0.2, -0.15) is 0 Å². The third-order valence-electron chi connectivity index (χ3n) is 5.16. The van der Waals surface area contributed by atoms with Gasteiger partial charge in [0.1, 0.15) is 6.17 Å². The molecule has 1 atom stereocenters. The predicted octanol–water partition coefficient (Wildman–Crippen LogP) is 1.44. The number of hydrogen-bond acceptors (Lipinski definition) is 4. The van der Waals surface area contributed by atoms with E-state index in [1.54, 1.807) is 40.1 Å². The maximum absolute atomic E-state index is 14.5. The minimum Gasteiger partial charge on any atom is -0.366 e. The molecule has 0 bridgehead atoms. The van der Waals surface area contributed by atoms with Crippen molar-refractivity contribution in [1.29, 1.82) is 5.41 Å². The van der Waals surface area contributed by atoms with E-state index in [4.69, 9.17) is 11.1 Å². The molecule has 0 aromatic heterocycles. The molecule has 29 heavy (non-hydrogen) atoms. The molecule has 1 aromatic rings. The lowest BCUT2D eigenvalue weighted by atomic mass is 9.91. The van der Waals surface area contributed by atoms with Crippen LogP contribution in [-0.4, -0.2) is 66.1 Å². The van der Waals surface area contributed by atoms with Crippen molar-refractivity contribution in [2.24, 2.45) is 5.73 Å². The van der Waals surface area contributed by atoms with Gasteiger partial charge < -0.3 is 20.9 Å². The Bertz CT molecular complexity index is 901. The number of carbonyl (C=O) groups excluding carboxylic acids is 3. The summed E-state index contributed by atoms with van der Waals surface area (Å²) in [7, 11) is 0. The van der Waals surface area contributed by atoms with Gasteiger partial charge >= 0.3 is 0 Å². The standard InChI is InChI=1S/C21H23FN4O3/c22-18-6-5-14(12-19(23)15-3-1-2-4-16(15)20(24)28)11-17(18)21(29)26-9-7-25(13-27)8-10-26/h1-5,11,13,18,23H,6-10,12H2,(H2,24,28). The molecule has 3 N–H and O–H groups in total. The summed E-state index contributed by atoms with van der Waals surface area (Å²) < 4.78 is 14.5. The van der Waals surface area contributed by atoms with Crippen molar-refractivity contribution < 1.29 is 18.8 Å². The molecule has 3 rings (SSSR count). The van der Waals surface area contributed by atoms with E-state index in [2.05, 4.69) is 0 Å². The summed E-state index contributed by atoms with van der Waals surface area (Å²) in [4.78, 5) is 38.3. The number of hydrogen-bond donors (Lipinski definition) is 2. The Labute approximate surface area is 168 Å². The van der Waals surface area contributed by atoms with Gasteiger partial charge in [0.2, 0.25) is 12.3 Å². The summed E-state index contributed by atoms with van der Waals surface area (Å²) in [5, 5.41) is 8.36. The fourth-order valence-corrected chi connectivity index (χ4v) is 3.52. The Hall–Kier alpha value is -3.29. The zero-order valence-corrected chi connectivity index (χ0v) is 15.9. The second-order valence-electron chi connectivity index (χ2n) is 7.08. The largest absolute Gasteiger partial charge is 0.366 e. The highest BCUT2D eigenvalue weighted by atomic mass is 19.1. The van der Waals surface area contributed by atoms with Gasteiger partial charge in [-0.1, -0.05) is 24.3 Å². The number of halogens is 1. The van der Waals surface area contributed by atoms with Crippen LogP contribution in [0.3, 0.4) is 0 Å². The van der Waals surface area contributed by atoms with E-state index in [0.717, 1.165) is 6.41 Å². The average molecular weight is 398 g/mol. The molecule has 1 aliphatic carbocycles. The average Bonchev–Trinajstić information content (AvgIpc) is 2.74. The normalized spacial score (nSPS) is 19.3. The van der Waals surface area contributed by atoms with Gasteiger partial charge in [0.15, 0.2) is 0 Å². The molecule has 0 radical (unpaired) electrons. The minimum atomic E-state index is -1.40. The highest BCUT2D eigenvalue weighted by Crippen LogP contribution is 2.26. The first-order valence-electron chi connectivity index (χ1n) is 9.40. The first-order valence-corrected chi connectivity index (χ1v) is 9.40. The number of nitrogens with one attached hydrogen (secondary N) is 1. The highest BCUT2D eigenvalue weighted by molar-refractivity contribution is 6.09. The minimum absolute atomic E-state index is 0.0615. The lowest BCUT2D eigenvalue weighted by Crippen LogP contribution is -2.49. The first-order chi connectivity index (χ1) is 13.9. The smallest absolute Gasteiger partial charge is 0.252 e. The Kier molecular flexibility index (Phi) is 6.21. The molecular formula is C21H23FN4O3. The van der Waals surface area contributed by atoms with Crippen molar-refractivity contribution in [2.45, 2.75) is 19.0 Å². The first kappa shape index (κ1) is 20.4. The molecule has 0 saturated carbocycles. The summed E-state index contributed by atoms with van der Waals surface area (Å²) in [6.07, 6.45) is 2.74. The van der Waals surface area contributed by atoms with Crippen LogP contribution in [0.15, 0.2) is 47.6 Å². The number of carbonyl (C=O) groups is 3. The van der Waals surface area contributed by atoms with Crippen LogP contribution in [0.4, 0.5) is 4.39 Å². The summed E-state index contributed by atoms with van der Waals surface area (Å²) in [6.45, 7) is 1.58. The SMILES string of the molecule is N=C(CC1=CCC(F)C(C(=O)N2CCN(C=O)CC2)=C1)c1ccccc1C(N)=O. The number of benzene rings is 1. The lowest BCUT2D eigenvalue weighted by molar-refractivity contribution is -0.132. The number of alkyl halides is 1. The third kappa shape index (κ3) is 4.59. The summed E-state index contributed by atoms with van der Waals surface area (Å²) in [5.74, 6) is -0.995. The Balaban J connectivity index is 1.74. The highest BCUT2D eigenvalue weighted by Gasteiger charge is 2.29. The topological polar surface area (TPSA) is 108 Å². The van der Waals surface area contributed by atoms with Gasteiger partial charge in [-0.05, 0) is 17.7 Å². The van der Waals surface area contributed by atoms with E-state index in [9.17, 15) is 18.8 Å². The third-order valence-corrected chi connectivity index (χ3v) is 5.16. The Morgan fingerprint density at radius 3 is 2.45 bits per heavy atom. The van der Waals surface area contributed by atoms with E-state index in [-0.39, 0.29) is 35.6 Å². The second kappa shape index (κ2) is 8.81. The number of amides is 3. The maximum Gasteiger partial charge on any atom is 0.252 e. The van der Waals surface area contributed by atoms with Crippen molar-refractivity contribution in [1.82, 2.24) is 9.80 Å². The van der Waals surface area contributed by atoms with Gasteiger partial charge in [0.25, 0.3) is 5.91 Å². The Morgan fingerprint density at radius 1 is 1.17 bits per heavy atom. The summed E-state index contributed by atoms with van der Waals surface area (Å²) in [5.41, 5.74) is 6.95. The summed E-state index contributed by atoms with van der Waals surface area (Å²) in [6, 6.07) is 6.59. The lowest BCUT2D eigenvalue weighted by Gasteiger charge is -2.34. The van der Waals surface area contributed by atoms with Crippen LogP contribution in [0.1, 0.15) is 28.8 Å². The number of nitrogens with two attached hydrogens (primary N) is 1. The number of rotatable bonds is 6. The van der Waals surface area contributed by atoms with E-state index < -0.39 is 12.1 Å². The molecule has 1 heterocycles. The van der Waals surface area contributed by atoms with Gasteiger partial charge in [0, 0.05) is 55.9 Å². The number of allylic oxidation sites excluding steroid dienone is 3. The predicted molar refractivity (Wildman–Crippen MR) is 106 cm³/mol. The molecular weight excluding hydrogens is 375 g/mol. The summed E-state index contributed by atoms with van der Waals surface area (Å²) >= 11 is 0. The molecule has 0 spiro atoms. The van der Waals surface area contributed by atoms with Gasteiger partial charge in [-0.3, -0.25) is 14.4 Å². The van der Waals surface area contributed by atoms with Crippen LogP contribution in [0.2, 0.25) is 0 Å². The van der Waals surface area contributed by atoms with Crippen LogP contribution in [0, 0.1) is 5.41 Å². The zero-order chi connectivity index (χ0) is 21.0. The van der Waals surface area contributed by atoms with Gasteiger partial charge in [-0.15, -0.1) is 0 Å². The monoisotopic (exact) mass is 398 g/mol. The van der Waals surface area contributed by atoms with Crippen LogP contribution < -0.4 is 5.73 Å². The van der Waals surface area contributed by atoms with Gasteiger partial charge in [-0.25, -0.2) is 4.39 Å². The van der Waals surface area contributed by atoms with Crippen LogP contribution in [-0.2, 0) is 9.59 Å². The van der Waals surface area contributed by atoms with Crippen LogP contribution in [0.25, 0.3) is 0 Å². The molecule has 7 nitrogen and oxygen atoms in total. The van der Waals surface area contributed by atoms with E-state index in [1.165, 1.54) is 6.08 Å². The van der Waals surface area contributed by atoms with Crippen LogP contribution in [0.5, 0.6) is 0 Å². The number of primary amides is 1. The fourth-order valence-electron chi connectivity index (χ4n) is 3.52. The van der Waals surface area contributed by atoms with Crippen LogP contribution >= 0.6 is 0 Å². The molecule has 2 aliphatic rings. The van der Waals surface area contributed by atoms with E-state index in [1.807, 2.05) is 0 Å². The van der Waals surface area contributed by atoms with Crippen molar-refractivity contribution >= 4 is 23.9 Å². The fraction of sp³-hybridized carbons (Fsp3) is 0.333. The molecule has 1 unspecified atom stereocenters. The number of piperazine rings is 1. The van der Waals surface area contributed by atoms with Gasteiger partial charge in [0.05, 0.1) is 5.57 Å². The molecule has 1 aliphatic heterocycles. The van der Waals surface area contributed by atoms with Crippen molar-refractivity contribution in [3.05, 3.63) is 58.7 Å². The van der Waals surface area contributed by atoms with Crippen molar-refractivity contribution in [2.75, 3.05) is 26.2 Å². The molecule has 1 saturated heterocycles. The number of nitrogens with zero attached hydrogens (tertiary/aromatic N) is 2. The maximum atomic E-state index is 14.5. The van der Waals surface area contributed by atoms with E-state index >= 15 is 0 Å². The van der Waals surface area contributed by atoms with E-state index in [0.29, 0.717) is 37.3 Å². The Morgan fingerprint density at radius 2 is 1.83 bits per heavy atom. The zero-order valence-electron chi connectivity index (χ0n) is 15.9. The van der Waals surface area contributed by atoms with Crippen molar-refractivity contribution in [3.63, 3.8) is 0 Å². The molecule has 3 amide bonds. The molecule has 152 valence electrons. The second-order valence-corrected chi connectivity index (χ2v) is 7.08.